The van der Waals surface area contributed by atoms with Crippen LogP contribution in [0.25, 0.3) is 0 Å². The summed E-state index contributed by atoms with van der Waals surface area (Å²) < 4.78 is 0. The first-order chi connectivity index (χ1) is 14.6. The molecule has 2 atom stereocenters. The van der Waals surface area contributed by atoms with Gasteiger partial charge in [0.1, 0.15) is 0 Å². The van der Waals surface area contributed by atoms with Crippen LogP contribution >= 0.6 is 0 Å². The summed E-state index contributed by atoms with van der Waals surface area (Å²) in [6.07, 6.45) is 9.40. The summed E-state index contributed by atoms with van der Waals surface area (Å²) in [7, 11) is 0. The third kappa shape index (κ3) is 3.51. The number of benzene rings is 1. The van der Waals surface area contributed by atoms with E-state index in [2.05, 4.69) is 29.0 Å². The monoisotopic (exact) mass is 405 g/mol. The Morgan fingerprint density at radius 1 is 1.20 bits per heavy atom. The Bertz CT molecular complexity index is 906. The van der Waals surface area contributed by atoms with Gasteiger partial charge < -0.3 is 10.2 Å². The van der Waals surface area contributed by atoms with Gasteiger partial charge in [0.05, 0.1) is 11.5 Å². The van der Waals surface area contributed by atoms with E-state index in [0.29, 0.717) is 12.1 Å². The van der Waals surface area contributed by atoms with Gasteiger partial charge in [-0.2, -0.15) is 0 Å². The van der Waals surface area contributed by atoms with Crippen molar-refractivity contribution in [1.82, 2.24) is 15.2 Å². The third-order valence-corrected chi connectivity index (χ3v) is 6.94. The highest BCUT2D eigenvalue weighted by Crippen LogP contribution is 2.50. The van der Waals surface area contributed by atoms with Gasteiger partial charge in [-0.1, -0.05) is 50.5 Å². The fraction of sp³-hybridized carbons (Fsp3) is 0.480. The van der Waals surface area contributed by atoms with Crippen molar-refractivity contribution in [2.45, 2.75) is 76.4 Å². The highest BCUT2D eigenvalue weighted by Gasteiger charge is 2.55. The standard InChI is InChI=1S/C25H31N3O2/c1-3-18(2)28-24(30)21-12-6-5-11-20(21)22(25(28)13-7-4-8-14-25)23(29)27-17-19-10-9-15-26-16-19/h5-6,9-12,15-16,18,22H,3-4,7-8,13-14,17H2,1-2H3,(H,27,29)/t18-,22+/m1/s1. The molecule has 1 aromatic carbocycles. The minimum absolute atomic E-state index is 0.00834. The first kappa shape index (κ1) is 20.6. The predicted octanol–water partition coefficient (Wildman–Crippen LogP) is 4.44. The minimum atomic E-state index is -0.446. The molecule has 1 aromatic heterocycles. The molecule has 30 heavy (non-hydrogen) atoms. The van der Waals surface area contributed by atoms with Crippen LogP contribution < -0.4 is 5.32 Å². The highest BCUT2D eigenvalue weighted by atomic mass is 16.2. The van der Waals surface area contributed by atoms with E-state index in [1.54, 1.807) is 12.4 Å². The van der Waals surface area contributed by atoms with Crippen LogP contribution in [0.2, 0.25) is 0 Å². The van der Waals surface area contributed by atoms with E-state index in [1.165, 1.54) is 0 Å². The summed E-state index contributed by atoms with van der Waals surface area (Å²) in [6, 6.07) is 11.6. The van der Waals surface area contributed by atoms with Crippen molar-refractivity contribution in [1.29, 1.82) is 0 Å². The van der Waals surface area contributed by atoms with Crippen molar-refractivity contribution in [2.75, 3.05) is 0 Å². The topological polar surface area (TPSA) is 62.3 Å². The molecule has 1 N–H and O–H groups in total. The molecule has 2 heterocycles. The van der Waals surface area contributed by atoms with Gasteiger partial charge in [-0.05, 0) is 49.4 Å². The number of pyridine rings is 1. The number of carbonyl (C=O) groups excluding carboxylic acids is 2. The van der Waals surface area contributed by atoms with Gasteiger partial charge in [0.2, 0.25) is 5.91 Å². The number of fused-ring (bicyclic) bond motifs is 1. The molecule has 4 rings (SSSR count). The molecule has 158 valence electrons. The van der Waals surface area contributed by atoms with Gasteiger partial charge in [-0.25, -0.2) is 0 Å². The summed E-state index contributed by atoms with van der Waals surface area (Å²) in [5, 5.41) is 3.16. The number of aromatic nitrogens is 1. The average Bonchev–Trinajstić information content (AvgIpc) is 2.79. The summed E-state index contributed by atoms with van der Waals surface area (Å²) in [6.45, 7) is 4.68. The van der Waals surface area contributed by atoms with Crippen molar-refractivity contribution in [3.05, 3.63) is 65.5 Å². The molecule has 5 heteroatoms. The number of hydrogen-bond donors (Lipinski definition) is 1. The molecule has 2 aliphatic rings. The average molecular weight is 406 g/mol. The number of hydrogen-bond acceptors (Lipinski definition) is 3. The van der Waals surface area contributed by atoms with E-state index in [0.717, 1.165) is 49.7 Å². The molecule has 1 fully saturated rings. The first-order valence-corrected chi connectivity index (χ1v) is 11.2. The fourth-order valence-corrected chi connectivity index (χ4v) is 5.40. The Balaban J connectivity index is 1.76. The van der Waals surface area contributed by atoms with Crippen LogP contribution in [0.5, 0.6) is 0 Å². The van der Waals surface area contributed by atoms with Crippen LogP contribution in [0.4, 0.5) is 0 Å². The molecule has 1 spiro atoms. The number of nitrogens with one attached hydrogen (secondary N) is 1. The number of rotatable bonds is 5. The summed E-state index contributed by atoms with van der Waals surface area (Å²) in [5.41, 5.74) is 2.09. The zero-order valence-electron chi connectivity index (χ0n) is 17.9. The Hall–Kier alpha value is -2.69. The van der Waals surface area contributed by atoms with Gasteiger partial charge in [0.15, 0.2) is 0 Å². The maximum Gasteiger partial charge on any atom is 0.254 e. The molecule has 5 nitrogen and oxygen atoms in total. The molecule has 1 saturated carbocycles. The lowest BCUT2D eigenvalue weighted by atomic mass is 9.64. The molecule has 0 unspecified atom stereocenters. The van der Waals surface area contributed by atoms with Crippen molar-refractivity contribution in [3.8, 4) is 0 Å². The molecule has 0 bridgehead atoms. The SMILES string of the molecule is CC[C@@H](C)N1C(=O)c2ccccc2[C@@H](C(=O)NCc2cccnc2)C12CCCCC2. The van der Waals surface area contributed by atoms with Crippen LogP contribution in [0.1, 0.15) is 79.8 Å². The Morgan fingerprint density at radius 3 is 2.67 bits per heavy atom. The van der Waals surface area contributed by atoms with E-state index in [4.69, 9.17) is 0 Å². The minimum Gasteiger partial charge on any atom is -0.351 e. The number of amides is 2. The van der Waals surface area contributed by atoms with Crippen LogP contribution in [0.15, 0.2) is 48.8 Å². The molecule has 0 saturated heterocycles. The third-order valence-electron chi connectivity index (χ3n) is 6.94. The molecule has 2 aromatic rings. The van der Waals surface area contributed by atoms with Crippen molar-refractivity contribution < 1.29 is 9.59 Å². The lowest BCUT2D eigenvalue weighted by Crippen LogP contribution is -2.64. The molecule has 2 amide bonds. The van der Waals surface area contributed by atoms with Crippen LogP contribution in [-0.2, 0) is 11.3 Å². The quantitative estimate of drug-likeness (QED) is 0.800. The zero-order valence-corrected chi connectivity index (χ0v) is 17.9. The van der Waals surface area contributed by atoms with E-state index < -0.39 is 5.54 Å². The maximum absolute atomic E-state index is 13.7. The summed E-state index contributed by atoms with van der Waals surface area (Å²) >= 11 is 0. The lowest BCUT2D eigenvalue weighted by molar-refractivity contribution is -0.128. The summed E-state index contributed by atoms with van der Waals surface area (Å²) in [5.74, 6) is -0.260. The molecular weight excluding hydrogens is 374 g/mol. The smallest absolute Gasteiger partial charge is 0.254 e. The van der Waals surface area contributed by atoms with Crippen molar-refractivity contribution in [2.24, 2.45) is 0 Å². The molecule has 1 aliphatic heterocycles. The van der Waals surface area contributed by atoms with Crippen LogP contribution in [0, 0.1) is 0 Å². The van der Waals surface area contributed by atoms with E-state index in [-0.39, 0.29) is 23.8 Å². The van der Waals surface area contributed by atoms with Crippen molar-refractivity contribution in [3.63, 3.8) is 0 Å². The second kappa shape index (κ2) is 8.58. The highest BCUT2D eigenvalue weighted by molar-refractivity contribution is 6.02. The van der Waals surface area contributed by atoms with Gasteiger partial charge in [0, 0.05) is 30.5 Å². The van der Waals surface area contributed by atoms with E-state index >= 15 is 0 Å². The fourth-order valence-electron chi connectivity index (χ4n) is 5.40. The lowest BCUT2D eigenvalue weighted by Gasteiger charge is -2.55. The number of nitrogens with zero attached hydrogens (tertiary/aromatic N) is 2. The predicted molar refractivity (Wildman–Crippen MR) is 117 cm³/mol. The normalized spacial score (nSPS) is 21.2. The molecule has 1 aliphatic carbocycles. The van der Waals surface area contributed by atoms with Crippen molar-refractivity contribution >= 4 is 11.8 Å². The van der Waals surface area contributed by atoms with E-state index in [1.807, 2.05) is 36.4 Å². The maximum atomic E-state index is 13.7. The van der Waals surface area contributed by atoms with Gasteiger partial charge in [-0.15, -0.1) is 0 Å². The Labute approximate surface area is 178 Å². The zero-order chi connectivity index (χ0) is 21.1. The Kier molecular flexibility index (Phi) is 5.89. The largest absolute Gasteiger partial charge is 0.351 e. The second-order valence-electron chi connectivity index (χ2n) is 8.70. The summed E-state index contributed by atoms with van der Waals surface area (Å²) in [4.78, 5) is 33.5. The van der Waals surface area contributed by atoms with Gasteiger partial charge in [0.25, 0.3) is 5.91 Å². The van der Waals surface area contributed by atoms with E-state index in [9.17, 15) is 9.59 Å². The molecule has 0 radical (unpaired) electrons. The van der Waals surface area contributed by atoms with Gasteiger partial charge >= 0.3 is 0 Å². The first-order valence-electron chi connectivity index (χ1n) is 11.2. The van der Waals surface area contributed by atoms with Crippen LogP contribution in [0.3, 0.4) is 0 Å². The molecular formula is C25H31N3O2. The second-order valence-corrected chi connectivity index (χ2v) is 8.70. The van der Waals surface area contributed by atoms with Crippen LogP contribution in [-0.4, -0.2) is 33.3 Å². The Morgan fingerprint density at radius 2 is 1.97 bits per heavy atom. The van der Waals surface area contributed by atoms with Gasteiger partial charge in [-0.3, -0.25) is 14.6 Å². The number of carbonyl (C=O) groups is 2.